The van der Waals surface area contributed by atoms with Crippen LogP contribution in [0.1, 0.15) is 40.7 Å². The van der Waals surface area contributed by atoms with Crippen molar-refractivity contribution in [3.63, 3.8) is 0 Å². The predicted molar refractivity (Wildman–Crippen MR) is 85.7 cm³/mol. The fourth-order valence-electron chi connectivity index (χ4n) is 2.94. The highest BCUT2D eigenvalue weighted by atomic mass is 16.4. The van der Waals surface area contributed by atoms with E-state index in [1.807, 2.05) is 6.92 Å². The van der Waals surface area contributed by atoms with Crippen LogP contribution in [0.25, 0.3) is 0 Å². The van der Waals surface area contributed by atoms with Gasteiger partial charge in [-0.25, -0.2) is 0 Å². The number of aromatic hydroxyl groups is 1. The molecular weight excluding hydrogens is 294 g/mol. The quantitative estimate of drug-likeness (QED) is 0.909. The Kier molecular flexibility index (Phi) is 3.78. The lowest BCUT2D eigenvalue weighted by Crippen LogP contribution is -2.23. The maximum absolute atomic E-state index is 12.5. The minimum atomic E-state index is -0.847. The molecule has 1 unspecified atom stereocenters. The van der Waals surface area contributed by atoms with Crippen LogP contribution in [-0.4, -0.2) is 22.1 Å². The van der Waals surface area contributed by atoms with E-state index in [-0.39, 0.29) is 11.7 Å². The lowest BCUT2D eigenvalue weighted by molar-refractivity contribution is -0.138. The van der Waals surface area contributed by atoms with Gasteiger partial charge in [-0.1, -0.05) is 25.1 Å². The van der Waals surface area contributed by atoms with Gasteiger partial charge in [-0.15, -0.1) is 0 Å². The first-order chi connectivity index (χ1) is 11.0. The zero-order chi connectivity index (χ0) is 16.6. The molecule has 1 aliphatic rings. The minimum absolute atomic E-state index is 0.0709. The molecule has 5 heteroatoms. The van der Waals surface area contributed by atoms with Crippen molar-refractivity contribution in [1.29, 1.82) is 0 Å². The summed E-state index contributed by atoms with van der Waals surface area (Å²) < 4.78 is 0. The van der Waals surface area contributed by atoms with Gasteiger partial charge in [0.25, 0.3) is 5.91 Å². The van der Waals surface area contributed by atoms with E-state index in [2.05, 4.69) is 0 Å². The highest BCUT2D eigenvalue weighted by Crippen LogP contribution is 2.31. The Labute approximate surface area is 133 Å². The summed E-state index contributed by atoms with van der Waals surface area (Å²) in [7, 11) is 0. The second kappa shape index (κ2) is 5.76. The number of amides is 1. The predicted octanol–water partition coefficient (Wildman–Crippen LogP) is 3.13. The molecule has 3 rings (SSSR count). The molecule has 0 saturated carbocycles. The molecule has 0 spiro atoms. The third kappa shape index (κ3) is 2.65. The first kappa shape index (κ1) is 15.1. The number of carboxylic acid groups (broad SMARTS) is 1. The Morgan fingerprint density at radius 2 is 1.91 bits per heavy atom. The third-order valence-corrected chi connectivity index (χ3v) is 4.21. The summed E-state index contributed by atoms with van der Waals surface area (Å²) in [6.45, 7) is 2.28. The molecule has 0 aliphatic carbocycles. The second-order valence-electron chi connectivity index (χ2n) is 5.62. The van der Waals surface area contributed by atoms with Gasteiger partial charge >= 0.3 is 5.97 Å². The molecule has 2 aromatic carbocycles. The molecule has 0 fully saturated rings. The van der Waals surface area contributed by atoms with Crippen LogP contribution in [-0.2, 0) is 11.3 Å². The minimum Gasteiger partial charge on any atom is -0.508 e. The zero-order valence-electron chi connectivity index (χ0n) is 12.7. The number of carbonyl (C=O) groups is 2. The number of carbonyl (C=O) groups excluding carboxylic acids is 1. The number of hydrogen-bond donors (Lipinski definition) is 2. The largest absolute Gasteiger partial charge is 0.508 e. The van der Waals surface area contributed by atoms with Crippen LogP contribution in [0.2, 0.25) is 0 Å². The number of fused-ring (bicyclic) bond motifs is 1. The summed E-state index contributed by atoms with van der Waals surface area (Å²) in [4.78, 5) is 25.3. The number of rotatable bonds is 4. The summed E-state index contributed by atoms with van der Waals surface area (Å²) in [6.07, 6.45) is 0.516. The number of anilines is 1. The van der Waals surface area contributed by atoms with Crippen molar-refractivity contribution in [1.82, 2.24) is 0 Å². The van der Waals surface area contributed by atoms with E-state index in [4.69, 9.17) is 0 Å². The highest BCUT2D eigenvalue weighted by Gasteiger charge is 2.29. The van der Waals surface area contributed by atoms with Crippen molar-refractivity contribution in [3.8, 4) is 5.75 Å². The van der Waals surface area contributed by atoms with E-state index in [1.165, 1.54) is 6.07 Å². The normalized spacial score (nSPS) is 14.7. The Hall–Kier alpha value is -2.82. The highest BCUT2D eigenvalue weighted by molar-refractivity contribution is 6.10. The van der Waals surface area contributed by atoms with Crippen LogP contribution in [0.3, 0.4) is 0 Å². The molecule has 5 nitrogen and oxygen atoms in total. The monoisotopic (exact) mass is 311 g/mol. The first-order valence-corrected chi connectivity index (χ1v) is 7.47. The van der Waals surface area contributed by atoms with E-state index < -0.39 is 11.9 Å². The number of phenols is 1. The number of phenolic OH excluding ortho intramolecular Hbond substituents is 1. The second-order valence-corrected chi connectivity index (χ2v) is 5.62. The van der Waals surface area contributed by atoms with E-state index >= 15 is 0 Å². The van der Waals surface area contributed by atoms with Gasteiger partial charge in [0.05, 0.1) is 12.5 Å². The third-order valence-electron chi connectivity index (χ3n) is 4.21. The average molecular weight is 311 g/mol. The van der Waals surface area contributed by atoms with E-state index in [1.54, 1.807) is 41.3 Å². The molecule has 1 aliphatic heterocycles. The molecule has 0 radical (unpaired) electrons. The smallest absolute Gasteiger partial charge is 0.310 e. The molecule has 1 heterocycles. The van der Waals surface area contributed by atoms with Gasteiger partial charge in [-0.2, -0.15) is 0 Å². The zero-order valence-corrected chi connectivity index (χ0v) is 12.7. The van der Waals surface area contributed by atoms with Gasteiger partial charge in [0.2, 0.25) is 0 Å². The Bertz CT molecular complexity index is 767. The fourth-order valence-corrected chi connectivity index (χ4v) is 2.94. The van der Waals surface area contributed by atoms with Crippen LogP contribution in [0, 0.1) is 0 Å². The first-order valence-electron chi connectivity index (χ1n) is 7.47. The number of aliphatic carboxylic acids is 1. The fraction of sp³-hybridized carbons (Fsp3) is 0.222. The van der Waals surface area contributed by atoms with Crippen molar-refractivity contribution >= 4 is 17.6 Å². The van der Waals surface area contributed by atoms with Crippen LogP contribution >= 0.6 is 0 Å². The Balaban J connectivity index is 1.87. The van der Waals surface area contributed by atoms with Crippen LogP contribution in [0.5, 0.6) is 5.75 Å². The molecule has 2 N–H and O–H groups in total. The van der Waals surface area contributed by atoms with E-state index in [0.29, 0.717) is 18.5 Å². The molecular formula is C18H17NO4. The van der Waals surface area contributed by atoms with Gasteiger partial charge in [0.1, 0.15) is 5.75 Å². The van der Waals surface area contributed by atoms with Gasteiger partial charge in [-0.05, 0) is 41.8 Å². The maximum Gasteiger partial charge on any atom is 0.310 e. The Morgan fingerprint density at radius 1 is 1.22 bits per heavy atom. The van der Waals surface area contributed by atoms with Crippen LogP contribution < -0.4 is 4.90 Å². The number of hydrogen-bond acceptors (Lipinski definition) is 3. The summed E-state index contributed by atoms with van der Waals surface area (Å²) in [6, 6.07) is 11.8. The molecule has 23 heavy (non-hydrogen) atoms. The number of benzene rings is 2. The standard InChI is InChI=1S/C18H17NO4/c1-2-15(18(22)23)11-3-6-13(7-4-11)19-10-12-5-8-14(20)9-16(12)17(19)21/h3-9,15,20H,2,10H2,1H3,(H,22,23). The van der Waals surface area contributed by atoms with E-state index in [0.717, 1.165) is 16.8 Å². The van der Waals surface area contributed by atoms with Crippen molar-refractivity contribution in [2.45, 2.75) is 25.8 Å². The lowest BCUT2D eigenvalue weighted by Gasteiger charge is -2.17. The molecule has 0 saturated heterocycles. The topological polar surface area (TPSA) is 77.8 Å². The van der Waals surface area contributed by atoms with Crippen molar-refractivity contribution in [2.24, 2.45) is 0 Å². The summed E-state index contributed by atoms with van der Waals surface area (Å²) in [5, 5.41) is 18.7. The average Bonchev–Trinajstić information content (AvgIpc) is 2.85. The van der Waals surface area contributed by atoms with E-state index in [9.17, 15) is 19.8 Å². The van der Waals surface area contributed by atoms with Gasteiger partial charge < -0.3 is 15.1 Å². The van der Waals surface area contributed by atoms with Crippen molar-refractivity contribution in [2.75, 3.05) is 4.90 Å². The molecule has 1 amide bonds. The Morgan fingerprint density at radius 3 is 2.52 bits per heavy atom. The SMILES string of the molecule is CCC(C(=O)O)c1ccc(N2Cc3ccc(O)cc3C2=O)cc1. The lowest BCUT2D eigenvalue weighted by atomic mass is 9.96. The van der Waals surface area contributed by atoms with Crippen molar-refractivity contribution in [3.05, 3.63) is 59.2 Å². The number of carboxylic acids is 1. The van der Waals surface area contributed by atoms with Crippen LogP contribution in [0.4, 0.5) is 5.69 Å². The van der Waals surface area contributed by atoms with Crippen molar-refractivity contribution < 1.29 is 19.8 Å². The van der Waals surface area contributed by atoms with Gasteiger partial charge in [0.15, 0.2) is 0 Å². The number of nitrogens with zero attached hydrogens (tertiary/aromatic N) is 1. The van der Waals surface area contributed by atoms with Gasteiger partial charge in [0, 0.05) is 11.3 Å². The summed E-state index contributed by atoms with van der Waals surface area (Å²) in [5.41, 5.74) is 2.82. The van der Waals surface area contributed by atoms with Gasteiger partial charge in [-0.3, -0.25) is 9.59 Å². The molecule has 118 valence electrons. The molecule has 2 aromatic rings. The molecule has 0 bridgehead atoms. The summed E-state index contributed by atoms with van der Waals surface area (Å²) >= 11 is 0. The molecule has 1 atom stereocenters. The maximum atomic E-state index is 12.5. The molecule has 0 aromatic heterocycles. The summed E-state index contributed by atoms with van der Waals surface area (Å²) in [5.74, 6) is -1.47. The van der Waals surface area contributed by atoms with Crippen LogP contribution in [0.15, 0.2) is 42.5 Å².